The lowest BCUT2D eigenvalue weighted by Gasteiger charge is -2.08. The zero-order chi connectivity index (χ0) is 17.2. The first kappa shape index (κ1) is 16.4. The van der Waals surface area contributed by atoms with Crippen LogP contribution in [0.5, 0.6) is 0 Å². The number of benzene rings is 1. The second kappa shape index (κ2) is 6.54. The molecule has 0 aliphatic rings. The van der Waals surface area contributed by atoms with E-state index in [1.54, 1.807) is 36.9 Å². The second-order valence-corrected chi connectivity index (χ2v) is 7.07. The van der Waals surface area contributed by atoms with Gasteiger partial charge in [0.2, 0.25) is 10.0 Å². The molecule has 5 nitrogen and oxygen atoms in total. The average molecular weight is 346 g/mol. The van der Waals surface area contributed by atoms with Crippen molar-refractivity contribution in [3.63, 3.8) is 0 Å². The highest BCUT2D eigenvalue weighted by Crippen LogP contribution is 2.18. The van der Waals surface area contributed by atoms with Crippen LogP contribution in [0, 0.1) is 12.7 Å². The quantitative estimate of drug-likeness (QED) is 0.770. The van der Waals surface area contributed by atoms with Gasteiger partial charge in [-0.15, -0.1) is 0 Å². The van der Waals surface area contributed by atoms with Gasteiger partial charge < -0.3 is 4.42 Å². The Labute approximate surface area is 139 Å². The number of aromatic nitrogens is 1. The number of pyridine rings is 1. The van der Waals surface area contributed by atoms with E-state index in [0.717, 1.165) is 17.3 Å². The van der Waals surface area contributed by atoms with Gasteiger partial charge in [0, 0.05) is 18.3 Å². The van der Waals surface area contributed by atoms with Crippen molar-refractivity contribution in [3.8, 4) is 11.3 Å². The number of nitrogens with zero attached hydrogens (tertiary/aromatic N) is 1. The molecule has 124 valence electrons. The van der Waals surface area contributed by atoms with Crippen LogP contribution < -0.4 is 4.72 Å². The van der Waals surface area contributed by atoms with E-state index in [2.05, 4.69) is 9.71 Å². The van der Waals surface area contributed by atoms with Crippen LogP contribution in [0.15, 0.2) is 64.4 Å². The first-order chi connectivity index (χ1) is 11.5. The van der Waals surface area contributed by atoms with Gasteiger partial charge in [0.25, 0.3) is 0 Å². The topological polar surface area (TPSA) is 72.2 Å². The standard InChI is InChI=1S/C17H15FN2O3S/c1-12-8-15(3-4-16(12)18)24(21,22)20-10-13-2-5-17(19-9-13)14-6-7-23-11-14/h2-9,11,20H,10H2,1H3. The van der Waals surface area contributed by atoms with Gasteiger partial charge in [-0.2, -0.15) is 0 Å². The number of sulfonamides is 1. The van der Waals surface area contributed by atoms with Crippen LogP contribution >= 0.6 is 0 Å². The fraction of sp³-hybridized carbons (Fsp3) is 0.118. The van der Waals surface area contributed by atoms with E-state index < -0.39 is 15.8 Å². The SMILES string of the molecule is Cc1cc(S(=O)(=O)NCc2ccc(-c3ccoc3)nc2)ccc1F. The third-order valence-electron chi connectivity index (χ3n) is 3.55. The molecular weight excluding hydrogens is 331 g/mol. The Kier molecular flexibility index (Phi) is 4.46. The molecule has 0 unspecified atom stereocenters. The van der Waals surface area contributed by atoms with Crippen molar-refractivity contribution < 1.29 is 17.2 Å². The maximum absolute atomic E-state index is 13.3. The van der Waals surface area contributed by atoms with Crippen molar-refractivity contribution in [1.29, 1.82) is 0 Å². The molecule has 0 saturated heterocycles. The van der Waals surface area contributed by atoms with E-state index in [0.29, 0.717) is 5.56 Å². The molecule has 0 saturated carbocycles. The molecule has 0 aliphatic heterocycles. The van der Waals surface area contributed by atoms with E-state index in [9.17, 15) is 12.8 Å². The van der Waals surface area contributed by atoms with Gasteiger partial charge >= 0.3 is 0 Å². The van der Waals surface area contributed by atoms with Gasteiger partial charge in [0.05, 0.1) is 23.1 Å². The van der Waals surface area contributed by atoms with E-state index in [-0.39, 0.29) is 17.0 Å². The molecule has 0 amide bonds. The third-order valence-corrected chi connectivity index (χ3v) is 4.95. The number of hydrogen-bond donors (Lipinski definition) is 1. The fourth-order valence-corrected chi connectivity index (χ4v) is 3.26. The molecule has 3 aromatic rings. The van der Waals surface area contributed by atoms with E-state index >= 15 is 0 Å². The highest BCUT2D eigenvalue weighted by molar-refractivity contribution is 7.89. The minimum Gasteiger partial charge on any atom is -0.472 e. The van der Waals surface area contributed by atoms with Crippen LogP contribution in [0.1, 0.15) is 11.1 Å². The zero-order valence-electron chi connectivity index (χ0n) is 12.9. The molecule has 0 bridgehead atoms. The number of hydrogen-bond acceptors (Lipinski definition) is 4. The summed E-state index contributed by atoms with van der Waals surface area (Å²) in [6.45, 7) is 1.62. The molecule has 3 rings (SSSR count). The number of furan rings is 1. The number of halogens is 1. The Balaban J connectivity index is 1.71. The van der Waals surface area contributed by atoms with Crippen LogP contribution in [0.4, 0.5) is 4.39 Å². The highest BCUT2D eigenvalue weighted by Gasteiger charge is 2.15. The Morgan fingerprint density at radius 3 is 2.67 bits per heavy atom. The summed E-state index contributed by atoms with van der Waals surface area (Å²) in [4.78, 5) is 4.31. The molecule has 1 N–H and O–H groups in total. The lowest BCUT2D eigenvalue weighted by atomic mass is 10.2. The average Bonchev–Trinajstić information content (AvgIpc) is 3.10. The van der Waals surface area contributed by atoms with Crippen LogP contribution in [-0.4, -0.2) is 13.4 Å². The summed E-state index contributed by atoms with van der Waals surface area (Å²) in [5, 5.41) is 0. The molecule has 2 aromatic heterocycles. The molecule has 24 heavy (non-hydrogen) atoms. The molecule has 0 aliphatic carbocycles. The normalized spacial score (nSPS) is 11.6. The maximum atomic E-state index is 13.3. The van der Waals surface area contributed by atoms with Crippen LogP contribution in [0.2, 0.25) is 0 Å². The third kappa shape index (κ3) is 3.52. The summed E-state index contributed by atoms with van der Waals surface area (Å²) < 4.78 is 45.3. The van der Waals surface area contributed by atoms with Crippen molar-refractivity contribution in [3.05, 3.63) is 72.1 Å². The second-order valence-electron chi connectivity index (χ2n) is 5.30. The largest absolute Gasteiger partial charge is 0.472 e. The molecule has 2 heterocycles. The minimum absolute atomic E-state index is 0.0318. The van der Waals surface area contributed by atoms with Crippen molar-refractivity contribution in [1.82, 2.24) is 9.71 Å². The Hall–Kier alpha value is -2.51. The molecule has 0 radical (unpaired) electrons. The van der Waals surface area contributed by atoms with Gasteiger partial charge in [-0.1, -0.05) is 6.07 Å². The monoisotopic (exact) mass is 346 g/mol. The van der Waals surface area contributed by atoms with Crippen LogP contribution in [0.3, 0.4) is 0 Å². The smallest absolute Gasteiger partial charge is 0.240 e. The van der Waals surface area contributed by atoms with Crippen molar-refractivity contribution >= 4 is 10.0 Å². The lowest BCUT2D eigenvalue weighted by Crippen LogP contribution is -2.23. The van der Waals surface area contributed by atoms with Gasteiger partial charge in [-0.25, -0.2) is 17.5 Å². The first-order valence-electron chi connectivity index (χ1n) is 7.19. The van der Waals surface area contributed by atoms with Crippen LogP contribution in [0.25, 0.3) is 11.3 Å². The summed E-state index contributed by atoms with van der Waals surface area (Å²) in [6, 6.07) is 9.06. The summed E-state index contributed by atoms with van der Waals surface area (Å²) in [6.07, 6.45) is 4.74. The fourth-order valence-electron chi connectivity index (χ4n) is 2.16. The summed E-state index contributed by atoms with van der Waals surface area (Å²) in [5.74, 6) is -0.437. The molecule has 0 fully saturated rings. The molecule has 0 spiro atoms. The maximum Gasteiger partial charge on any atom is 0.240 e. The summed E-state index contributed by atoms with van der Waals surface area (Å²) >= 11 is 0. The number of nitrogens with one attached hydrogen (secondary N) is 1. The molecule has 1 aromatic carbocycles. The predicted octanol–water partition coefficient (Wildman–Crippen LogP) is 3.27. The molecular formula is C17H15FN2O3S. The van der Waals surface area contributed by atoms with Crippen molar-refractivity contribution in [2.75, 3.05) is 0 Å². The predicted molar refractivity (Wildman–Crippen MR) is 87.1 cm³/mol. The Bertz CT molecular complexity index is 936. The van der Waals surface area contributed by atoms with E-state index in [1.165, 1.54) is 19.1 Å². The van der Waals surface area contributed by atoms with Crippen molar-refractivity contribution in [2.45, 2.75) is 18.4 Å². The van der Waals surface area contributed by atoms with Gasteiger partial charge in [-0.3, -0.25) is 4.98 Å². The number of aryl methyl sites for hydroxylation is 1. The first-order valence-corrected chi connectivity index (χ1v) is 8.67. The summed E-state index contributed by atoms with van der Waals surface area (Å²) in [5.41, 5.74) is 2.59. The Morgan fingerprint density at radius 2 is 2.04 bits per heavy atom. The van der Waals surface area contributed by atoms with E-state index in [4.69, 9.17) is 4.42 Å². The van der Waals surface area contributed by atoms with E-state index in [1.807, 2.05) is 0 Å². The van der Waals surface area contributed by atoms with Gasteiger partial charge in [0.1, 0.15) is 5.82 Å². The lowest BCUT2D eigenvalue weighted by molar-refractivity contribution is 0.568. The van der Waals surface area contributed by atoms with Gasteiger partial charge in [-0.05, 0) is 48.4 Å². The Morgan fingerprint density at radius 1 is 1.21 bits per heavy atom. The minimum atomic E-state index is -3.71. The molecule has 7 heteroatoms. The zero-order valence-corrected chi connectivity index (χ0v) is 13.7. The van der Waals surface area contributed by atoms with Crippen LogP contribution in [-0.2, 0) is 16.6 Å². The number of rotatable bonds is 5. The van der Waals surface area contributed by atoms with Gasteiger partial charge in [0.15, 0.2) is 0 Å². The molecule has 0 atom stereocenters. The summed E-state index contributed by atoms with van der Waals surface area (Å²) in [7, 11) is -3.71. The highest BCUT2D eigenvalue weighted by atomic mass is 32.2. The van der Waals surface area contributed by atoms with Crippen molar-refractivity contribution in [2.24, 2.45) is 0 Å².